The third-order valence-electron chi connectivity index (χ3n) is 3.89. The van der Waals surface area contributed by atoms with Crippen LogP contribution in [-0.2, 0) is 4.74 Å². The van der Waals surface area contributed by atoms with Gasteiger partial charge in [0.05, 0.1) is 18.0 Å². The summed E-state index contributed by atoms with van der Waals surface area (Å²) >= 11 is 0. The van der Waals surface area contributed by atoms with Crippen molar-refractivity contribution in [3.63, 3.8) is 0 Å². The molecule has 0 aliphatic carbocycles. The van der Waals surface area contributed by atoms with Crippen molar-refractivity contribution in [3.8, 4) is 0 Å². The molecule has 1 aliphatic rings. The first-order valence-electron chi connectivity index (χ1n) is 7.68. The maximum absolute atomic E-state index is 12.1. The summed E-state index contributed by atoms with van der Waals surface area (Å²) in [6.07, 6.45) is 7.05. The van der Waals surface area contributed by atoms with Crippen LogP contribution < -0.4 is 0 Å². The predicted octanol–water partition coefficient (Wildman–Crippen LogP) is 3.00. The number of imidazole rings is 1. The molecule has 3 heterocycles. The van der Waals surface area contributed by atoms with E-state index in [1.165, 1.54) is 0 Å². The number of carbonyl (C=O) groups excluding carboxylic acids is 1. The molecule has 3 rings (SSSR count). The number of likely N-dealkylation sites (tertiary alicyclic amines) is 1. The fraction of sp³-hybridized carbons (Fsp3) is 0.562. The van der Waals surface area contributed by atoms with Gasteiger partial charge in [0.15, 0.2) is 0 Å². The van der Waals surface area contributed by atoms with Crippen molar-refractivity contribution in [1.82, 2.24) is 19.4 Å². The summed E-state index contributed by atoms with van der Waals surface area (Å²) in [5, 5.41) is 0. The van der Waals surface area contributed by atoms with Crippen molar-refractivity contribution in [2.75, 3.05) is 13.1 Å². The maximum Gasteiger partial charge on any atom is 0.410 e. The second-order valence-corrected chi connectivity index (χ2v) is 6.71. The van der Waals surface area contributed by atoms with Gasteiger partial charge in [-0.15, -0.1) is 0 Å². The molecule has 6 heteroatoms. The molecule has 0 saturated carbocycles. The van der Waals surface area contributed by atoms with Crippen LogP contribution >= 0.6 is 0 Å². The second kappa shape index (κ2) is 5.59. The number of hydrogen-bond donors (Lipinski definition) is 0. The summed E-state index contributed by atoms with van der Waals surface area (Å²) in [7, 11) is 0. The van der Waals surface area contributed by atoms with Crippen LogP contribution in [-0.4, -0.2) is 44.2 Å². The smallest absolute Gasteiger partial charge is 0.410 e. The lowest BCUT2D eigenvalue weighted by molar-refractivity contribution is 0.0189. The third kappa shape index (κ3) is 3.05. The van der Waals surface area contributed by atoms with Crippen LogP contribution in [0.25, 0.3) is 11.0 Å². The van der Waals surface area contributed by atoms with Crippen LogP contribution in [0.15, 0.2) is 24.8 Å². The highest BCUT2D eigenvalue weighted by Crippen LogP contribution is 2.27. The first-order chi connectivity index (χ1) is 10.4. The number of pyridine rings is 1. The van der Waals surface area contributed by atoms with E-state index in [1.54, 1.807) is 17.3 Å². The zero-order valence-corrected chi connectivity index (χ0v) is 13.3. The van der Waals surface area contributed by atoms with Crippen molar-refractivity contribution in [1.29, 1.82) is 0 Å². The zero-order chi connectivity index (χ0) is 15.7. The molecule has 118 valence electrons. The van der Waals surface area contributed by atoms with Crippen LogP contribution in [0.3, 0.4) is 0 Å². The van der Waals surface area contributed by atoms with Crippen LogP contribution in [0.4, 0.5) is 4.79 Å². The molecule has 1 saturated heterocycles. The highest BCUT2D eigenvalue weighted by molar-refractivity contribution is 5.74. The molecule has 22 heavy (non-hydrogen) atoms. The molecule has 1 fully saturated rings. The van der Waals surface area contributed by atoms with Gasteiger partial charge in [0.25, 0.3) is 0 Å². The van der Waals surface area contributed by atoms with Crippen molar-refractivity contribution in [3.05, 3.63) is 24.8 Å². The Labute approximate surface area is 130 Å². The van der Waals surface area contributed by atoms with E-state index in [0.29, 0.717) is 19.1 Å². The van der Waals surface area contributed by atoms with E-state index >= 15 is 0 Å². The Morgan fingerprint density at radius 2 is 2.05 bits per heavy atom. The Morgan fingerprint density at radius 3 is 2.73 bits per heavy atom. The molecule has 0 radical (unpaired) electrons. The quantitative estimate of drug-likeness (QED) is 0.812. The molecule has 1 amide bonds. The number of aromatic nitrogens is 3. The van der Waals surface area contributed by atoms with Crippen LogP contribution in [0, 0.1) is 0 Å². The van der Waals surface area contributed by atoms with Gasteiger partial charge in [-0.05, 0) is 39.7 Å². The van der Waals surface area contributed by atoms with Gasteiger partial charge in [0.2, 0.25) is 0 Å². The molecular weight excluding hydrogens is 280 g/mol. The van der Waals surface area contributed by atoms with Gasteiger partial charge in [-0.1, -0.05) is 0 Å². The Balaban J connectivity index is 1.66. The lowest BCUT2D eigenvalue weighted by Crippen LogP contribution is -2.42. The normalized spacial score (nSPS) is 17.0. The maximum atomic E-state index is 12.1. The van der Waals surface area contributed by atoms with E-state index in [1.807, 2.05) is 33.2 Å². The average Bonchev–Trinajstić information content (AvgIpc) is 2.89. The number of nitrogens with zero attached hydrogens (tertiary/aromatic N) is 4. The summed E-state index contributed by atoms with van der Waals surface area (Å²) in [6.45, 7) is 7.10. The van der Waals surface area contributed by atoms with Gasteiger partial charge in [0.1, 0.15) is 11.1 Å². The van der Waals surface area contributed by atoms with Crippen LogP contribution in [0.2, 0.25) is 0 Å². The number of amides is 1. The van der Waals surface area contributed by atoms with Gasteiger partial charge in [0, 0.05) is 25.3 Å². The molecule has 2 aromatic heterocycles. The molecular formula is C16H22N4O2. The van der Waals surface area contributed by atoms with Crippen LogP contribution in [0.1, 0.15) is 39.7 Å². The lowest BCUT2D eigenvalue weighted by Gasteiger charge is -2.34. The first kappa shape index (κ1) is 14.8. The predicted molar refractivity (Wildman–Crippen MR) is 83.6 cm³/mol. The third-order valence-corrected chi connectivity index (χ3v) is 3.89. The van der Waals surface area contributed by atoms with E-state index in [2.05, 4.69) is 14.5 Å². The van der Waals surface area contributed by atoms with Crippen molar-refractivity contribution in [2.45, 2.75) is 45.3 Å². The number of piperidine rings is 1. The van der Waals surface area contributed by atoms with Gasteiger partial charge < -0.3 is 14.2 Å². The molecule has 2 aromatic rings. The molecule has 1 aliphatic heterocycles. The van der Waals surface area contributed by atoms with E-state index in [9.17, 15) is 4.79 Å². The molecule has 0 bridgehead atoms. The van der Waals surface area contributed by atoms with E-state index in [4.69, 9.17) is 4.74 Å². The van der Waals surface area contributed by atoms with Gasteiger partial charge in [-0.2, -0.15) is 0 Å². The minimum Gasteiger partial charge on any atom is -0.444 e. The second-order valence-electron chi connectivity index (χ2n) is 6.71. The van der Waals surface area contributed by atoms with E-state index in [0.717, 1.165) is 23.9 Å². The summed E-state index contributed by atoms with van der Waals surface area (Å²) in [5.41, 5.74) is 1.57. The Morgan fingerprint density at radius 1 is 1.32 bits per heavy atom. The summed E-state index contributed by atoms with van der Waals surface area (Å²) < 4.78 is 7.63. The molecule has 6 nitrogen and oxygen atoms in total. The largest absolute Gasteiger partial charge is 0.444 e. The Bertz CT molecular complexity index is 666. The summed E-state index contributed by atoms with van der Waals surface area (Å²) in [6, 6.07) is 2.36. The minimum atomic E-state index is -0.443. The fourth-order valence-corrected chi connectivity index (χ4v) is 2.83. The first-order valence-corrected chi connectivity index (χ1v) is 7.68. The van der Waals surface area contributed by atoms with Gasteiger partial charge in [-0.25, -0.2) is 9.78 Å². The zero-order valence-electron chi connectivity index (χ0n) is 13.3. The Hall–Kier alpha value is -2.11. The van der Waals surface area contributed by atoms with E-state index < -0.39 is 5.60 Å². The molecule has 0 N–H and O–H groups in total. The SMILES string of the molecule is CC(C)(C)OC(=O)N1CCC(n2cnc3cnccc32)CC1. The average molecular weight is 302 g/mol. The highest BCUT2D eigenvalue weighted by atomic mass is 16.6. The van der Waals surface area contributed by atoms with Crippen molar-refractivity contribution in [2.24, 2.45) is 0 Å². The molecule has 0 spiro atoms. The molecule has 0 aromatic carbocycles. The number of ether oxygens (including phenoxy) is 1. The molecule has 0 unspecified atom stereocenters. The van der Waals surface area contributed by atoms with Gasteiger partial charge in [-0.3, -0.25) is 4.98 Å². The number of carbonyl (C=O) groups is 1. The fourth-order valence-electron chi connectivity index (χ4n) is 2.83. The van der Waals surface area contributed by atoms with E-state index in [-0.39, 0.29) is 6.09 Å². The van der Waals surface area contributed by atoms with Crippen molar-refractivity contribution >= 4 is 17.1 Å². The topological polar surface area (TPSA) is 60.2 Å². The number of fused-ring (bicyclic) bond motifs is 1. The minimum absolute atomic E-state index is 0.217. The number of rotatable bonds is 1. The monoisotopic (exact) mass is 302 g/mol. The Kier molecular flexibility index (Phi) is 3.76. The summed E-state index contributed by atoms with van der Waals surface area (Å²) in [4.78, 5) is 22.4. The lowest BCUT2D eigenvalue weighted by atomic mass is 10.1. The highest BCUT2D eigenvalue weighted by Gasteiger charge is 2.27. The van der Waals surface area contributed by atoms with Crippen LogP contribution in [0.5, 0.6) is 0 Å². The molecule has 0 atom stereocenters. The standard InChI is InChI=1S/C16H22N4O2/c1-16(2,3)22-15(21)19-8-5-12(6-9-19)20-11-18-13-10-17-7-4-14(13)20/h4,7,10-12H,5-6,8-9H2,1-3H3. The van der Waals surface area contributed by atoms with Gasteiger partial charge >= 0.3 is 6.09 Å². The summed E-state index contributed by atoms with van der Waals surface area (Å²) in [5.74, 6) is 0. The van der Waals surface area contributed by atoms with Crippen molar-refractivity contribution < 1.29 is 9.53 Å². The number of hydrogen-bond acceptors (Lipinski definition) is 4.